The van der Waals surface area contributed by atoms with E-state index in [1.165, 1.54) is 16.4 Å². The topological polar surface area (TPSA) is 102 Å². The van der Waals surface area contributed by atoms with E-state index >= 15 is 0 Å². The minimum absolute atomic E-state index is 0.00500. The Bertz CT molecular complexity index is 849. The highest BCUT2D eigenvalue weighted by Gasteiger charge is 2.24. The Morgan fingerprint density at radius 3 is 2.16 bits per heavy atom. The highest BCUT2D eigenvalue weighted by atomic mass is 32.2. The summed E-state index contributed by atoms with van der Waals surface area (Å²) in [4.78, 5) is 28.5. The van der Waals surface area contributed by atoms with Crippen LogP contribution in [0, 0.1) is 0 Å². The number of anilines is 1. The highest BCUT2D eigenvalue weighted by Crippen LogP contribution is 2.19. The molecule has 10 heteroatoms. The zero-order valence-corrected chi connectivity index (χ0v) is 19.9. The van der Waals surface area contributed by atoms with Crippen molar-refractivity contribution in [3.8, 4) is 0 Å². The predicted octanol–water partition coefficient (Wildman–Crippen LogP) is 1.78. The van der Waals surface area contributed by atoms with Crippen LogP contribution in [0.1, 0.15) is 34.1 Å². The van der Waals surface area contributed by atoms with Gasteiger partial charge in [-0.25, -0.2) is 13.2 Å². The number of rotatable bonds is 8. The summed E-state index contributed by atoms with van der Waals surface area (Å²) in [6.07, 6.45) is 0.890. The van der Waals surface area contributed by atoms with Crippen molar-refractivity contribution in [2.45, 2.75) is 51.1 Å². The van der Waals surface area contributed by atoms with E-state index in [-0.39, 0.29) is 28.9 Å². The molecule has 1 aromatic rings. The van der Waals surface area contributed by atoms with E-state index in [0.717, 1.165) is 6.42 Å². The number of carbonyl (C=O) groups excluding carboxylic acids is 2. The highest BCUT2D eigenvalue weighted by molar-refractivity contribution is 7.89. The minimum Gasteiger partial charge on any atom is -0.353 e. The van der Waals surface area contributed by atoms with Gasteiger partial charge in [0.25, 0.3) is 0 Å². The molecule has 3 amide bonds. The molecule has 0 saturated carbocycles. The maximum Gasteiger partial charge on any atom is 0.321 e. The molecule has 1 aliphatic rings. The summed E-state index contributed by atoms with van der Waals surface area (Å²) in [5, 5.41) is 5.76. The largest absolute Gasteiger partial charge is 0.353 e. The number of carbonyl (C=O) groups is 2. The number of hydrogen-bond donors (Lipinski definition) is 2. The predicted molar refractivity (Wildman–Crippen MR) is 121 cm³/mol. The smallest absolute Gasteiger partial charge is 0.321 e. The zero-order valence-electron chi connectivity index (χ0n) is 19.1. The molecule has 31 heavy (non-hydrogen) atoms. The van der Waals surface area contributed by atoms with Crippen LogP contribution in [-0.2, 0) is 14.8 Å². The molecule has 1 saturated heterocycles. The summed E-state index contributed by atoms with van der Waals surface area (Å²) in [6.45, 7) is 10.3. The van der Waals surface area contributed by atoms with Gasteiger partial charge >= 0.3 is 6.03 Å². The Balaban J connectivity index is 1.86. The first kappa shape index (κ1) is 25.1. The number of nitrogens with zero attached hydrogens (tertiary/aromatic N) is 3. The van der Waals surface area contributed by atoms with Gasteiger partial charge in [0.05, 0.1) is 11.4 Å². The number of piperazine rings is 1. The van der Waals surface area contributed by atoms with Crippen LogP contribution in [0.5, 0.6) is 0 Å². The van der Waals surface area contributed by atoms with Gasteiger partial charge in [-0.1, -0.05) is 6.92 Å². The SMILES string of the molecule is CCC(C)NC(=O)CN1CCN(C(=O)Nc2ccc(S(=O)(=O)N(C)C(C)C)cc2)CC1. The van der Waals surface area contributed by atoms with Crippen molar-refractivity contribution in [2.24, 2.45) is 0 Å². The summed E-state index contributed by atoms with van der Waals surface area (Å²) in [5.74, 6) is 0.00500. The van der Waals surface area contributed by atoms with Crippen LogP contribution in [0.2, 0.25) is 0 Å². The number of amides is 3. The lowest BCUT2D eigenvalue weighted by atomic mass is 10.2. The molecule has 1 aromatic carbocycles. The van der Waals surface area contributed by atoms with E-state index < -0.39 is 10.0 Å². The Hall–Kier alpha value is -2.17. The van der Waals surface area contributed by atoms with E-state index in [1.54, 1.807) is 24.1 Å². The molecule has 1 unspecified atom stereocenters. The van der Waals surface area contributed by atoms with Crippen LogP contribution in [-0.4, -0.2) is 86.3 Å². The third-order valence-corrected chi connectivity index (χ3v) is 7.60. The fraction of sp³-hybridized carbons (Fsp3) is 0.619. The lowest BCUT2D eigenvalue weighted by Gasteiger charge is -2.34. The van der Waals surface area contributed by atoms with Crippen molar-refractivity contribution in [1.82, 2.24) is 19.4 Å². The maximum absolute atomic E-state index is 12.6. The molecule has 1 atom stereocenters. The van der Waals surface area contributed by atoms with Gasteiger partial charge in [0.2, 0.25) is 15.9 Å². The van der Waals surface area contributed by atoms with Gasteiger partial charge < -0.3 is 15.5 Å². The normalized spacial score (nSPS) is 16.4. The van der Waals surface area contributed by atoms with Gasteiger partial charge in [-0.3, -0.25) is 9.69 Å². The Morgan fingerprint density at radius 2 is 1.65 bits per heavy atom. The number of hydrogen-bond acceptors (Lipinski definition) is 5. The number of benzene rings is 1. The van der Waals surface area contributed by atoms with Crippen molar-refractivity contribution in [3.05, 3.63) is 24.3 Å². The van der Waals surface area contributed by atoms with Crippen LogP contribution < -0.4 is 10.6 Å². The molecular weight excluding hydrogens is 418 g/mol. The van der Waals surface area contributed by atoms with E-state index in [0.29, 0.717) is 38.4 Å². The lowest BCUT2D eigenvalue weighted by Crippen LogP contribution is -2.52. The first-order chi connectivity index (χ1) is 14.5. The summed E-state index contributed by atoms with van der Waals surface area (Å²) in [5.41, 5.74) is 0.534. The fourth-order valence-electron chi connectivity index (χ4n) is 3.09. The molecule has 1 fully saturated rings. The third kappa shape index (κ3) is 6.91. The third-order valence-electron chi connectivity index (χ3n) is 5.56. The van der Waals surface area contributed by atoms with Crippen molar-refractivity contribution in [3.63, 3.8) is 0 Å². The second-order valence-corrected chi connectivity index (χ2v) is 10.2. The Labute approximate surface area is 185 Å². The van der Waals surface area contributed by atoms with Crippen molar-refractivity contribution >= 4 is 27.6 Å². The molecule has 0 radical (unpaired) electrons. The number of sulfonamides is 1. The van der Waals surface area contributed by atoms with E-state index in [1.807, 2.05) is 32.6 Å². The molecule has 9 nitrogen and oxygen atoms in total. The second-order valence-electron chi connectivity index (χ2n) is 8.21. The van der Waals surface area contributed by atoms with E-state index in [9.17, 15) is 18.0 Å². The molecule has 1 aliphatic heterocycles. The average molecular weight is 454 g/mol. The summed E-state index contributed by atoms with van der Waals surface area (Å²) < 4.78 is 26.4. The van der Waals surface area contributed by atoms with Gasteiger partial charge in [0.15, 0.2) is 0 Å². The summed E-state index contributed by atoms with van der Waals surface area (Å²) in [7, 11) is -2.01. The van der Waals surface area contributed by atoms with Crippen molar-refractivity contribution < 1.29 is 18.0 Å². The summed E-state index contributed by atoms with van der Waals surface area (Å²) in [6, 6.07) is 5.95. The lowest BCUT2D eigenvalue weighted by molar-refractivity contribution is -0.123. The van der Waals surface area contributed by atoms with Gasteiger partial charge in [0, 0.05) is 51.0 Å². The Morgan fingerprint density at radius 1 is 1.06 bits per heavy atom. The Kier molecular flexibility index (Phi) is 8.84. The van der Waals surface area contributed by atoms with Crippen LogP contribution in [0.15, 0.2) is 29.2 Å². The van der Waals surface area contributed by atoms with Crippen LogP contribution in [0.3, 0.4) is 0 Å². The van der Waals surface area contributed by atoms with E-state index in [2.05, 4.69) is 10.6 Å². The quantitative estimate of drug-likeness (QED) is 0.625. The van der Waals surface area contributed by atoms with Crippen molar-refractivity contribution in [1.29, 1.82) is 0 Å². The monoisotopic (exact) mass is 453 g/mol. The molecule has 174 valence electrons. The first-order valence-electron chi connectivity index (χ1n) is 10.7. The van der Waals surface area contributed by atoms with Gasteiger partial charge in [-0.15, -0.1) is 0 Å². The van der Waals surface area contributed by atoms with E-state index in [4.69, 9.17) is 0 Å². The van der Waals surface area contributed by atoms with Crippen LogP contribution in [0.25, 0.3) is 0 Å². The molecule has 0 aromatic heterocycles. The molecule has 1 heterocycles. The maximum atomic E-state index is 12.6. The van der Waals surface area contributed by atoms with Gasteiger partial charge in [-0.05, 0) is 51.5 Å². The van der Waals surface area contributed by atoms with Crippen LogP contribution >= 0.6 is 0 Å². The molecule has 0 bridgehead atoms. The summed E-state index contributed by atoms with van der Waals surface area (Å²) >= 11 is 0. The molecule has 2 N–H and O–H groups in total. The van der Waals surface area contributed by atoms with Gasteiger partial charge in [-0.2, -0.15) is 4.31 Å². The van der Waals surface area contributed by atoms with Crippen LogP contribution in [0.4, 0.5) is 10.5 Å². The van der Waals surface area contributed by atoms with Crippen molar-refractivity contribution in [2.75, 3.05) is 45.1 Å². The molecular formula is C21H35N5O4S. The standard InChI is InChI=1S/C21H35N5O4S/c1-6-17(4)22-20(27)15-25-11-13-26(14-12-25)21(28)23-18-7-9-19(10-8-18)31(29,30)24(5)16(2)3/h7-10,16-17H,6,11-15H2,1-5H3,(H,22,27)(H,23,28). The minimum atomic E-state index is -3.56. The first-order valence-corrected chi connectivity index (χ1v) is 12.1. The zero-order chi connectivity index (χ0) is 23.2. The second kappa shape index (κ2) is 10.9. The molecule has 0 spiro atoms. The fourth-order valence-corrected chi connectivity index (χ4v) is 4.46. The van der Waals surface area contributed by atoms with Gasteiger partial charge in [0.1, 0.15) is 0 Å². The molecule has 0 aliphatic carbocycles. The number of nitrogens with one attached hydrogen (secondary N) is 2. The molecule has 2 rings (SSSR count). The average Bonchev–Trinajstić information content (AvgIpc) is 2.73. The number of urea groups is 1.